The van der Waals surface area contributed by atoms with E-state index in [2.05, 4.69) is 0 Å². The van der Waals surface area contributed by atoms with Crippen LogP contribution >= 0.6 is 0 Å². The molecule has 1 aliphatic rings. The van der Waals surface area contributed by atoms with Gasteiger partial charge >= 0.3 is 0 Å². The zero-order valence-corrected chi connectivity index (χ0v) is 12.6. The van der Waals surface area contributed by atoms with Gasteiger partial charge in [0.2, 0.25) is 11.6 Å². The van der Waals surface area contributed by atoms with E-state index in [4.69, 9.17) is 5.11 Å². The molecule has 25 heavy (non-hydrogen) atoms. The summed E-state index contributed by atoms with van der Waals surface area (Å²) >= 11 is 0. The molecule has 1 aliphatic carbocycles. The van der Waals surface area contributed by atoms with Gasteiger partial charge in [0.05, 0.1) is 9.85 Å². The molecular weight excluding hydrogens is 332 g/mol. The van der Waals surface area contributed by atoms with Crippen molar-refractivity contribution >= 4 is 22.9 Å². The summed E-state index contributed by atoms with van der Waals surface area (Å²) in [7, 11) is 0. The van der Waals surface area contributed by atoms with Crippen molar-refractivity contribution in [2.75, 3.05) is 6.61 Å². The first-order valence-corrected chi connectivity index (χ1v) is 7.16. The largest absolute Gasteiger partial charge is 0.396 e. The highest BCUT2D eigenvalue weighted by Crippen LogP contribution is 2.38. The molecule has 0 saturated heterocycles. The van der Waals surface area contributed by atoms with Crippen LogP contribution in [0.4, 0.5) is 11.4 Å². The fraction of sp³-hybridized carbons (Fsp3) is 0.125. The van der Waals surface area contributed by atoms with E-state index in [0.29, 0.717) is 0 Å². The Balaban J connectivity index is 2.40. The van der Waals surface area contributed by atoms with Gasteiger partial charge < -0.3 is 5.11 Å². The zero-order valence-electron chi connectivity index (χ0n) is 12.6. The first-order valence-electron chi connectivity index (χ1n) is 7.16. The number of fused-ring (bicyclic) bond motifs is 2. The van der Waals surface area contributed by atoms with Crippen LogP contribution in [0.1, 0.15) is 37.4 Å². The summed E-state index contributed by atoms with van der Waals surface area (Å²) in [6, 6.07) is 5.94. The third-order valence-corrected chi connectivity index (χ3v) is 4.01. The fourth-order valence-corrected chi connectivity index (χ4v) is 2.98. The number of hydrogen-bond acceptors (Lipinski definition) is 7. The SMILES string of the molecule is O=C1c2c(cccc2[N+](=O)[O-])C(=O)c2c([N+](=O)[O-])ccc(CCO)c21. The Kier molecular flexibility index (Phi) is 3.85. The second kappa shape index (κ2) is 5.87. The number of carbonyl (C=O) groups is 2. The van der Waals surface area contributed by atoms with Crippen LogP contribution in [0.25, 0.3) is 0 Å². The minimum atomic E-state index is -0.830. The summed E-state index contributed by atoms with van der Waals surface area (Å²) in [4.78, 5) is 46.6. The second-order valence-corrected chi connectivity index (χ2v) is 5.34. The topological polar surface area (TPSA) is 141 Å². The molecule has 3 rings (SSSR count). The van der Waals surface area contributed by atoms with Gasteiger partial charge in [0.15, 0.2) is 0 Å². The Bertz CT molecular complexity index is 965. The highest BCUT2D eigenvalue weighted by atomic mass is 16.6. The molecule has 0 heterocycles. The van der Waals surface area contributed by atoms with Crippen LogP contribution in [-0.4, -0.2) is 33.1 Å². The number of rotatable bonds is 4. The quantitative estimate of drug-likeness (QED) is 0.563. The Morgan fingerprint density at radius 1 is 0.840 bits per heavy atom. The number of hydrogen-bond donors (Lipinski definition) is 1. The monoisotopic (exact) mass is 342 g/mol. The summed E-state index contributed by atoms with van der Waals surface area (Å²) in [5.74, 6) is -1.65. The lowest BCUT2D eigenvalue weighted by Gasteiger charge is -2.19. The van der Waals surface area contributed by atoms with E-state index in [1.165, 1.54) is 18.2 Å². The highest BCUT2D eigenvalue weighted by Gasteiger charge is 2.40. The maximum atomic E-state index is 12.9. The van der Waals surface area contributed by atoms with Crippen molar-refractivity contribution in [1.29, 1.82) is 0 Å². The predicted octanol–water partition coefficient (Wildman–Crippen LogP) is 1.81. The minimum absolute atomic E-state index is 0.0185. The van der Waals surface area contributed by atoms with Gasteiger partial charge in [0, 0.05) is 29.9 Å². The molecule has 0 unspecified atom stereocenters. The van der Waals surface area contributed by atoms with E-state index >= 15 is 0 Å². The number of carbonyl (C=O) groups excluding carboxylic acids is 2. The van der Waals surface area contributed by atoms with Crippen molar-refractivity contribution in [3.63, 3.8) is 0 Å². The van der Waals surface area contributed by atoms with Crippen LogP contribution in [0.3, 0.4) is 0 Å². The van der Waals surface area contributed by atoms with Crippen molar-refractivity contribution in [1.82, 2.24) is 0 Å². The van der Waals surface area contributed by atoms with Gasteiger partial charge in [-0.25, -0.2) is 0 Å². The molecule has 0 saturated carbocycles. The molecule has 126 valence electrons. The van der Waals surface area contributed by atoms with Crippen molar-refractivity contribution < 1.29 is 24.5 Å². The molecule has 0 aromatic heterocycles. The molecule has 2 aromatic rings. The molecule has 9 nitrogen and oxygen atoms in total. The summed E-state index contributed by atoms with van der Waals surface area (Å²) in [6.07, 6.45) is -0.0185. The van der Waals surface area contributed by atoms with E-state index in [1.807, 2.05) is 0 Å². The van der Waals surface area contributed by atoms with Crippen LogP contribution in [0, 0.1) is 20.2 Å². The van der Waals surface area contributed by atoms with Gasteiger partial charge in [-0.2, -0.15) is 0 Å². The first kappa shape index (κ1) is 16.4. The summed E-state index contributed by atoms with van der Waals surface area (Å²) < 4.78 is 0. The third-order valence-electron chi connectivity index (χ3n) is 4.01. The number of ketones is 2. The molecule has 0 amide bonds. The van der Waals surface area contributed by atoms with E-state index in [1.54, 1.807) is 0 Å². The number of nitro benzene ring substituents is 2. The average molecular weight is 342 g/mol. The Hall–Kier alpha value is -3.46. The number of nitrogens with zero attached hydrogens (tertiary/aromatic N) is 2. The number of aliphatic hydroxyl groups excluding tert-OH is 1. The van der Waals surface area contributed by atoms with Crippen molar-refractivity contribution in [3.8, 4) is 0 Å². The van der Waals surface area contributed by atoms with Gasteiger partial charge in [0.1, 0.15) is 11.1 Å². The van der Waals surface area contributed by atoms with E-state index in [0.717, 1.165) is 12.1 Å². The van der Waals surface area contributed by atoms with Crippen molar-refractivity contribution in [2.45, 2.75) is 6.42 Å². The molecule has 0 atom stereocenters. The molecule has 0 aliphatic heterocycles. The highest BCUT2D eigenvalue weighted by molar-refractivity contribution is 6.31. The molecular formula is C16H10N2O7. The number of nitro groups is 2. The smallest absolute Gasteiger partial charge is 0.281 e. The number of aliphatic hydroxyl groups is 1. The van der Waals surface area contributed by atoms with Gasteiger partial charge in [-0.3, -0.25) is 29.8 Å². The van der Waals surface area contributed by atoms with Crippen LogP contribution < -0.4 is 0 Å². The Morgan fingerprint density at radius 2 is 1.48 bits per heavy atom. The molecule has 1 N–H and O–H groups in total. The standard InChI is InChI=1S/C16H10N2O7/c19-7-6-8-4-5-11(18(24)25)14-12(8)16(21)13-9(15(14)20)2-1-3-10(13)17(22)23/h1-5,19H,6-7H2. The molecule has 0 bridgehead atoms. The van der Waals surface area contributed by atoms with Crippen molar-refractivity contribution in [3.05, 3.63) is 78.4 Å². The van der Waals surface area contributed by atoms with Gasteiger partial charge in [0.25, 0.3) is 11.4 Å². The second-order valence-electron chi connectivity index (χ2n) is 5.34. The number of benzene rings is 2. The molecule has 9 heteroatoms. The lowest BCUT2D eigenvalue weighted by atomic mass is 9.79. The molecule has 0 fully saturated rings. The molecule has 0 spiro atoms. The lowest BCUT2D eigenvalue weighted by molar-refractivity contribution is -0.385. The Labute approximate surface area is 139 Å². The Morgan fingerprint density at radius 3 is 2.08 bits per heavy atom. The maximum Gasteiger partial charge on any atom is 0.281 e. The van der Waals surface area contributed by atoms with Crippen LogP contribution in [0.2, 0.25) is 0 Å². The summed E-state index contributed by atoms with van der Waals surface area (Å²) in [5.41, 5.74) is -2.13. The first-order chi connectivity index (χ1) is 11.9. The van der Waals surface area contributed by atoms with Gasteiger partial charge in [-0.1, -0.05) is 12.1 Å². The molecule has 2 aromatic carbocycles. The lowest BCUT2D eigenvalue weighted by Crippen LogP contribution is -2.25. The van der Waals surface area contributed by atoms with Gasteiger partial charge in [-0.05, 0) is 18.1 Å². The van der Waals surface area contributed by atoms with E-state index < -0.39 is 38.4 Å². The minimum Gasteiger partial charge on any atom is -0.396 e. The summed E-state index contributed by atoms with van der Waals surface area (Å²) in [5, 5.41) is 31.6. The third kappa shape index (κ3) is 2.37. The van der Waals surface area contributed by atoms with Crippen molar-refractivity contribution in [2.24, 2.45) is 0 Å². The van der Waals surface area contributed by atoms with Crippen LogP contribution in [0.5, 0.6) is 0 Å². The van der Waals surface area contributed by atoms with E-state index in [-0.39, 0.29) is 35.3 Å². The zero-order chi connectivity index (χ0) is 18.3. The predicted molar refractivity (Wildman–Crippen MR) is 83.8 cm³/mol. The fourth-order valence-electron chi connectivity index (χ4n) is 2.98. The van der Waals surface area contributed by atoms with Crippen LogP contribution in [-0.2, 0) is 6.42 Å². The average Bonchev–Trinajstić information content (AvgIpc) is 2.58. The van der Waals surface area contributed by atoms with E-state index in [9.17, 15) is 29.8 Å². The summed E-state index contributed by atoms with van der Waals surface area (Å²) in [6.45, 7) is -0.352. The van der Waals surface area contributed by atoms with Gasteiger partial charge in [-0.15, -0.1) is 0 Å². The normalized spacial score (nSPS) is 12.5. The maximum absolute atomic E-state index is 12.9. The molecule has 0 radical (unpaired) electrons. The van der Waals surface area contributed by atoms with Crippen LogP contribution in [0.15, 0.2) is 30.3 Å².